The molecule has 2 heterocycles. The molecule has 0 spiro atoms. The van der Waals surface area contributed by atoms with Gasteiger partial charge in [-0.2, -0.15) is 0 Å². The van der Waals surface area contributed by atoms with Crippen LogP contribution in [0, 0.1) is 0 Å². The number of nitrogens with zero attached hydrogens (tertiary/aromatic N) is 2. The molecule has 0 saturated carbocycles. The third kappa shape index (κ3) is 3.49. The molecule has 0 bridgehead atoms. The van der Waals surface area contributed by atoms with Gasteiger partial charge in [-0.1, -0.05) is 30.3 Å². The first-order valence-electron chi connectivity index (χ1n) is 8.95. The fourth-order valence-electron chi connectivity index (χ4n) is 3.41. The monoisotopic (exact) mass is 349 g/mol. The average Bonchev–Trinajstić information content (AvgIpc) is 3.01. The number of anilines is 1. The molecule has 134 valence electrons. The van der Waals surface area contributed by atoms with Gasteiger partial charge in [0.1, 0.15) is 5.69 Å². The SMILES string of the molecule is Cn1c(C(=O)Nc2ccc(CN3CCOCC3)cc2)cc2ccccc21. The number of hydrogen-bond acceptors (Lipinski definition) is 3. The lowest BCUT2D eigenvalue weighted by molar-refractivity contribution is 0.0342. The maximum Gasteiger partial charge on any atom is 0.272 e. The predicted octanol–water partition coefficient (Wildman–Crippen LogP) is 3.26. The normalized spacial score (nSPS) is 15.3. The molecular weight excluding hydrogens is 326 g/mol. The number of morpholine rings is 1. The smallest absolute Gasteiger partial charge is 0.272 e. The number of ether oxygens (including phenoxy) is 1. The second-order valence-electron chi connectivity index (χ2n) is 6.69. The Balaban J connectivity index is 1.44. The molecule has 26 heavy (non-hydrogen) atoms. The lowest BCUT2D eigenvalue weighted by Crippen LogP contribution is -2.35. The molecule has 0 unspecified atom stereocenters. The topological polar surface area (TPSA) is 46.5 Å². The molecule has 3 aromatic rings. The Morgan fingerprint density at radius 2 is 1.81 bits per heavy atom. The highest BCUT2D eigenvalue weighted by Crippen LogP contribution is 2.20. The third-order valence-electron chi connectivity index (χ3n) is 4.91. The van der Waals surface area contributed by atoms with Crippen molar-refractivity contribution >= 4 is 22.5 Å². The summed E-state index contributed by atoms with van der Waals surface area (Å²) in [6, 6.07) is 18.0. The van der Waals surface area contributed by atoms with Gasteiger partial charge in [0.2, 0.25) is 0 Å². The number of nitrogens with one attached hydrogen (secondary N) is 1. The van der Waals surface area contributed by atoms with Crippen LogP contribution in [-0.2, 0) is 18.3 Å². The van der Waals surface area contributed by atoms with E-state index in [-0.39, 0.29) is 5.91 Å². The molecular formula is C21H23N3O2. The average molecular weight is 349 g/mol. The lowest BCUT2D eigenvalue weighted by Gasteiger charge is -2.26. The quantitative estimate of drug-likeness (QED) is 0.786. The van der Waals surface area contributed by atoms with E-state index < -0.39 is 0 Å². The molecule has 1 N–H and O–H groups in total. The molecule has 1 aliphatic rings. The van der Waals surface area contributed by atoms with Gasteiger partial charge in [0.15, 0.2) is 0 Å². The summed E-state index contributed by atoms with van der Waals surface area (Å²) in [6.45, 7) is 4.47. The van der Waals surface area contributed by atoms with Crippen LogP contribution >= 0.6 is 0 Å². The number of carbonyl (C=O) groups is 1. The molecule has 1 aliphatic heterocycles. The Hall–Kier alpha value is -2.63. The van der Waals surface area contributed by atoms with Crippen LogP contribution < -0.4 is 5.32 Å². The number of benzene rings is 2. The molecule has 0 atom stereocenters. The van der Waals surface area contributed by atoms with Crippen LogP contribution in [0.4, 0.5) is 5.69 Å². The van der Waals surface area contributed by atoms with Gasteiger partial charge in [0.25, 0.3) is 5.91 Å². The van der Waals surface area contributed by atoms with E-state index in [2.05, 4.69) is 22.3 Å². The zero-order valence-electron chi connectivity index (χ0n) is 14.9. The van der Waals surface area contributed by atoms with Crippen molar-refractivity contribution in [3.8, 4) is 0 Å². The predicted molar refractivity (Wildman–Crippen MR) is 103 cm³/mol. The van der Waals surface area contributed by atoms with Gasteiger partial charge in [-0.15, -0.1) is 0 Å². The van der Waals surface area contributed by atoms with Crippen molar-refractivity contribution in [2.45, 2.75) is 6.54 Å². The van der Waals surface area contributed by atoms with E-state index in [9.17, 15) is 4.79 Å². The standard InChI is InChI=1S/C21H23N3O2/c1-23-19-5-3-2-4-17(19)14-20(23)21(25)22-18-8-6-16(7-9-18)15-24-10-12-26-13-11-24/h2-9,14H,10-13,15H2,1H3,(H,22,25). The Morgan fingerprint density at radius 3 is 2.54 bits per heavy atom. The highest BCUT2D eigenvalue weighted by molar-refractivity contribution is 6.06. The third-order valence-corrected chi connectivity index (χ3v) is 4.91. The van der Waals surface area contributed by atoms with E-state index in [1.165, 1.54) is 5.56 Å². The minimum Gasteiger partial charge on any atom is -0.379 e. The minimum atomic E-state index is -0.0929. The van der Waals surface area contributed by atoms with Crippen LogP contribution in [0.3, 0.4) is 0 Å². The molecule has 1 fully saturated rings. The molecule has 4 rings (SSSR count). The van der Waals surface area contributed by atoms with E-state index in [0.717, 1.165) is 49.4 Å². The summed E-state index contributed by atoms with van der Waals surface area (Å²) in [5, 5.41) is 4.07. The van der Waals surface area contributed by atoms with Crippen molar-refractivity contribution in [1.29, 1.82) is 0 Å². The summed E-state index contributed by atoms with van der Waals surface area (Å²) in [6.07, 6.45) is 0. The van der Waals surface area contributed by atoms with Gasteiger partial charge in [0, 0.05) is 43.3 Å². The summed E-state index contributed by atoms with van der Waals surface area (Å²) in [5.41, 5.74) is 3.77. The molecule has 2 aromatic carbocycles. The van der Waals surface area contributed by atoms with Crippen molar-refractivity contribution in [2.75, 3.05) is 31.6 Å². The molecule has 0 aliphatic carbocycles. The van der Waals surface area contributed by atoms with Crippen molar-refractivity contribution in [1.82, 2.24) is 9.47 Å². The van der Waals surface area contributed by atoms with Gasteiger partial charge in [-0.05, 0) is 29.8 Å². The lowest BCUT2D eigenvalue weighted by atomic mass is 10.2. The number of rotatable bonds is 4. The zero-order valence-corrected chi connectivity index (χ0v) is 14.9. The van der Waals surface area contributed by atoms with E-state index in [1.54, 1.807) is 0 Å². The number of para-hydroxylation sites is 1. The molecule has 1 saturated heterocycles. The Labute approximate surface area is 153 Å². The fourth-order valence-corrected chi connectivity index (χ4v) is 3.41. The Morgan fingerprint density at radius 1 is 1.08 bits per heavy atom. The number of amides is 1. The Bertz CT molecular complexity index is 909. The first-order chi connectivity index (χ1) is 12.7. The molecule has 5 nitrogen and oxygen atoms in total. The van der Waals surface area contributed by atoms with Crippen LogP contribution in [0.1, 0.15) is 16.1 Å². The summed E-state index contributed by atoms with van der Waals surface area (Å²) in [4.78, 5) is 15.0. The largest absolute Gasteiger partial charge is 0.379 e. The van der Waals surface area contributed by atoms with Crippen molar-refractivity contribution in [3.05, 3.63) is 65.9 Å². The van der Waals surface area contributed by atoms with Gasteiger partial charge in [-0.3, -0.25) is 9.69 Å². The minimum absolute atomic E-state index is 0.0929. The second-order valence-corrected chi connectivity index (χ2v) is 6.69. The van der Waals surface area contributed by atoms with E-state index in [4.69, 9.17) is 4.74 Å². The fraction of sp³-hybridized carbons (Fsp3) is 0.286. The maximum absolute atomic E-state index is 12.7. The number of aromatic nitrogens is 1. The van der Waals surface area contributed by atoms with Crippen molar-refractivity contribution in [3.63, 3.8) is 0 Å². The highest BCUT2D eigenvalue weighted by atomic mass is 16.5. The van der Waals surface area contributed by atoms with Crippen molar-refractivity contribution < 1.29 is 9.53 Å². The number of hydrogen-bond donors (Lipinski definition) is 1. The first-order valence-corrected chi connectivity index (χ1v) is 8.95. The maximum atomic E-state index is 12.7. The number of carbonyl (C=O) groups excluding carboxylic acids is 1. The summed E-state index contributed by atoms with van der Waals surface area (Å²) >= 11 is 0. The van der Waals surface area contributed by atoms with Crippen LogP contribution in [-0.4, -0.2) is 41.7 Å². The van der Waals surface area contributed by atoms with Crippen LogP contribution in [0.25, 0.3) is 10.9 Å². The van der Waals surface area contributed by atoms with Gasteiger partial charge < -0.3 is 14.6 Å². The van der Waals surface area contributed by atoms with Crippen LogP contribution in [0.15, 0.2) is 54.6 Å². The van der Waals surface area contributed by atoms with E-state index in [0.29, 0.717) is 5.69 Å². The van der Waals surface area contributed by atoms with E-state index >= 15 is 0 Å². The second kappa shape index (κ2) is 7.32. The highest BCUT2D eigenvalue weighted by Gasteiger charge is 2.14. The van der Waals surface area contributed by atoms with Gasteiger partial charge in [0.05, 0.1) is 13.2 Å². The van der Waals surface area contributed by atoms with Gasteiger partial charge in [-0.25, -0.2) is 0 Å². The van der Waals surface area contributed by atoms with Gasteiger partial charge >= 0.3 is 0 Å². The molecule has 0 radical (unpaired) electrons. The van der Waals surface area contributed by atoms with Crippen molar-refractivity contribution in [2.24, 2.45) is 7.05 Å². The van der Waals surface area contributed by atoms with E-state index in [1.807, 2.05) is 54.1 Å². The summed E-state index contributed by atoms with van der Waals surface area (Å²) in [5.74, 6) is -0.0929. The first kappa shape index (κ1) is 16.8. The zero-order chi connectivity index (χ0) is 17.9. The summed E-state index contributed by atoms with van der Waals surface area (Å²) in [7, 11) is 1.92. The van der Waals surface area contributed by atoms with Crippen LogP contribution in [0.5, 0.6) is 0 Å². The Kier molecular flexibility index (Phi) is 4.73. The molecule has 1 amide bonds. The van der Waals surface area contributed by atoms with Crippen LogP contribution in [0.2, 0.25) is 0 Å². The molecule has 5 heteroatoms. The number of fused-ring (bicyclic) bond motifs is 1. The molecule has 1 aromatic heterocycles. The summed E-state index contributed by atoms with van der Waals surface area (Å²) < 4.78 is 7.31. The number of aryl methyl sites for hydroxylation is 1.